The highest BCUT2D eigenvalue weighted by atomic mass is 32.1. The molecule has 20 heavy (non-hydrogen) atoms. The van der Waals surface area contributed by atoms with E-state index >= 15 is 0 Å². The Morgan fingerprint density at radius 1 is 1.35 bits per heavy atom. The number of carbonyl (C=O) groups excluding carboxylic acids is 1. The minimum absolute atomic E-state index is 0.0322. The normalized spacial score (nSPS) is 18.6. The fourth-order valence-corrected chi connectivity index (χ4v) is 3.11. The molecule has 1 aliphatic heterocycles. The van der Waals surface area contributed by atoms with Crippen LogP contribution in [0.1, 0.15) is 56.3 Å². The summed E-state index contributed by atoms with van der Waals surface area (Å²) in [5.74, 6) is 0.0322. The first-order chi connectivity index (χ1) is 9.52. The average molecular weight is 296 g/mol. The van der Waals surface area contributed by atoms with Crippen LogP contribution in [0.3, 0.4) is 0 Å². The van der Waals surface area contributed by atoms with Crippen LogP contribution in [0.25, 0.3) is 0 Å². The minimum Gasteiger partial charge on any atom is -0.360 e. The summed E-state index contributed by atoms with van der Waals surface area (Å²) in [6, 6.07) is 0. The molecule has 0 bridgehead atoms. The molecule has 6 heteroatoms. The third-order valence-electron chi connectivity index (χ3n) is 3.76. The molecule has 0 aromatic carbocycles. The summed E-state index contributed by atoms with van der Waals surface area (Å²) in [4.78, 5) is 14.4. The van der Waals surface area contributed by atoms with Crippen LogP contribution in [0.15, 0.2) is 0 Å². The Kier molecular flexibility index (Phi) is 4.96. The van der Waals surface area contributed by atoms with Crippen molar-refractivity contribution in [2.24, 2.45) is 5.41 Å². The van der Waals surface area contributed by atoms with Crippen molar-refractivity contribution >= 4 is 22.4 Å². The van der Waals surface area contributed by atoms with Crippen molar-refractivity contribution in [1.82, 2.24) is 15.1 Å². The van der Waals surface area contributed by atoms with E-state index in [1.165, 1.54) is 17.8 Å². The van der Waals surface area contributed by atoms with Crippen LogP contribution in [-0.2, 0) is 0 Å². The number of nitrogens with zero attached hydrogens (tertiary/aromatic N) is 3. The molecule has 5 nitrogen and oxygen atoms in total. The molecule has 1 aromatic rings. The molecule has 0 saturated carbocycles. The molecule has 0 aliphatic carbocycles. The molecule has 0 radical (unpaired) electrons. The van der Waals surface area contributed by atoms with Crippen LogP contribution in [0, 0.1) is 5.41 Å². The van der Waals surface area contributed by atoms with Crippen molar-refractivity contribution in [2.75, 3.05) is 25.0 Å². The second kappa shape index (κ2) is 6.52. The van der Waals surface area contributed by atoms with Gasteiger partial charge in [0.05, 0.1) is 0 Å². The topological polar surface area (TPSA) is 58.1 Å². The molecule has 1 amide bonds. The van der Waals surface area contributed by atoms with Crippen LogP contribution in [0.4, 0.5) is 5.13 Å². The maximum atomic E-state index is 12.5. The summed E-state index contributed by atoms with van der Waals surface area (Å²) in [5.41, 5.74) is 0.337. The summed E-state index contributed by atoms with van der Waals surface area (Å²) in [6.45, 7) is 9.17. The first kappa shape index (κ1) is 15.2. The zero-order valence-electron chi connectivity index (χ0n) is 12.6. The molecule has 2 heterocycles. The molecule has 2 rings (SSSR count). The SMILES string of the molecule is CCCNc1nnc(C(=O)N2CCCC(C)(C)CC2)s1. The Labute approximate surface area is 124 Å². The van der Waals surface area contributed by atoms with E-state index in [0.717, 1.165) is 44.0 Å². The lowest BCUT2D eigenvalue weighted by molar-refractivity contribution is 0.0756. The predicted molar refractivity (Wildman–Crippen MR) is 82.2 cm³/mol. The quantitative estimate of drug-likeness (QED) is 0.928. The van der Waals surface area contributed by atoms with Gasteiger partial charge in [0.25, 0.3) is 5.91 Å². The summed E-state index contributed by atoms with van der Waals surface area (Å²) in [5, 5.41) is 12.5. The van der Waals surface area contributed by atoms with Crippen molar-refractivity contribution in [2.45, 2.75) is 46.5 Å². The number of rotatable bonds is 4. The average Bonchev–Trinajstić information content (AvgIpc) is 2.80. The fraction of sp³-hybridized carbons (Fsp3) is 0.786. The Bertz CT molecular complexity index is 458. The number of hydrogen-bond donors (Lipinski definition) is 1. The van der Waals surface area contributed by atoms with Crippen LogP contribution in [0.5, 0.6) is 0 Å². The molecule has 112 valence electrons. The number of likely N-dealkylation sites (tertiary alicyclic amines) is 1. The van der Waals surface area contributed by atoms with Gasteiger partial charge in [0.2, 0.25) is 10.1 Å². The third kappa shape index (κ3) is 3.91. The Morgan fingerprint density at radius 2 is 2.15 bits per heavy atom. The van der Waals surface area contributed by atoms with Crippen molar-refractivity contribution in [3.8, 4) is 0 Å². The Morgan fingerprint density at radius 3 is 2.90 bits per heavy atom. The molecule has 0 atom stereocenters. The van der Waals surface area contributed by atoms with Gasteiger partial charge in [-0.05, 0) is 31.1 Å². The highest BCUT2D eigenvalue weighted by Crippen LogP contribution is 2.30. The lowest BCUT2D eigenvalue weighted by Crippen LogP contribution is -2.32. The Hall–Kier alpha value is -1.17. The lowest BCUT2D eigenvalue weighted by Gasteiger charge is -2.22. The minimum atomic E-state index is 0.0322. The van der Waals surface area contributed by atoms with Gasteiger partial charge >= 0.3 is 0 Å². The van der Waals surface area contributed by atoms with E-state index in [1.54, 1.807) is 0 Å². The molecule has 1 fully saturated rings. The molecule has 0 spiro atoms. The van der Waals surface area contributed by atoms with Crippen LogP contribution < -0.4 is 5.32 Å². The third-order valence-corrected chi connectivity index (χ3v) is 4.63. The summed E-state index contributed by atoms with van der Waals surface area (Å²) >= 11 is 1.36. The smallest absolute Gasteiger partial charge is 0.284 e. The van der Waals surface area contributed by atoms with Gasteiger partial charge in [-0.3, -0.25) is 4.79 Å². The molecular formula is C14H24N4OS. The summed E-state index contributed by atoms with van der Waals surface area (Å²) in [7, 11) is 0. The largest absolute Gasteiger partial charge is 0.360 e. The van der Waals surface area contributed by atoms with Crippen molar-refractivity contribution < 1.29 is 4.79 Å². The van der Waals surface area contributed by atoms with Crippen molar-refractivity contribution in [3.63, 3.8) is 0 Å². The van der Waals surface area contributed by atoms with E-state index in [1.807, 2.05) is 4.90 Å². The first-order valence-electron chi connectivity index (χ1n) is 7.38. The Balaban J connectivity index is 1.98. The zero-order chi connectivity index (χ0) is 14.6. The number of aromatic nitrogens is 2. The van der Waals surface area contributed by atoms with Crippen LogP contribution in [0.2, 0.25) is 0 Å². The maximum Gasteiger partial charge on any atom is 0.284 e. The number of amides is 1. The molecule has 1 aliphatic rings. The molecule has 1 N–H and O–H groups in total. The second-order valence-corrected chi connectivity index (χ2v) is 7.13. The van der Waals surface area contributed by atoms with Gasteiger partial charge in [0.1, 0.15) is 0 Å². The molecule has 1 aromatic heterocycles. The maximum absolute atomic E-state index is 12.5. The number of nitrogens with one attached hydrogen (secondary N) is 1. The van der Waals surface area contributed by atoms with Gasteiger partial charge in [0, 0.05) is 19.6 Å². The zero-order valence-corrected chi connectivity index (χ0v) is 13.4. The standard InChI is InChI=1S/C14H24N4OS/c1-4-8-15-13-17-16-11(20-13)12(19)18-9-5-6-14(2,3)7-10-18/h4-10H2,1-3H3,(H,15,17). The number of carbonyl (C=O) groups is 1. The monoisotopic (exact) mass is 296 g/mol. The van der Waals surface area contributed by atoms with Gasteiger partial charge in [-0.2, -0.15) is 0 Å². The van der Waals surface area contributed by atoms with E-state index in [4.69, 9.17) is 0 Å². The second-order valence-electron chi connectivity index (χ2n) is 6.15. The van der Waals surface area contributed by atoms with E-state index in [0.29, 0.717) is 10.4 Å². The predicted octanol–water partition coefficient (Wildman–Crippen LogP) is 3.01. The van der Waals surface area contributed by atoms with E-state index in [-0.39, 0.29) is 5.91 Å². The number of hydrogen-bond acceptors (Lipinski definition) is 5. The van der Waals surface area contributed by atoms with E-state index in [9.17, 15) is 4.79 Å². The van der Waals surface area contributed by atoms with Crippen LogP contribution in [-0.4, -0.2) is 40.6 Å². The van der Waals surface area contributed by atoms with E-state index < -0.39 is 0 Å². The highest BCUT2D eigenvalue weighted by Gasteiger charge is 2.27. The van der Waals surface area contributed by atoms with Gasteiger partial charge in [0.15, 0.2) is 0 Å². The first-order valence-corrected chi connectivity index (χ1v) is 8.20. The van der Waals surface area contributed by atoms with Gasteiger partial charge in [-0.1, -0.05) is 32.1 Å². The van der Waals surface area contributed by atoms with Crippen molar-refractivity contribution in [3.05, 3.63) is 5.01 Å². The van der Waals surface area contributed by atoms with Gasteiger partial charge in [-0.25, -0.2) is 0 Å². The molecular weight excluding hydrogens is 272 g/mol. The fourth-order valence-electron chi connectivity index (χ4n) is 2.37. The summed E-state index contributed by atoms with van der Waals surface area (Å²) < 4.78 is 0. The molecule has 0 unspecified atom stereocenters. The molecule has 1 saturated heterocycles. The summed E-state index contributed by atoms with van der Waals surface area (Å²) in [6.07, 6.45) is 4.33. The lowest BCUT2D eigenvalue weighted by atomic mass is 9.85. The van der Waals surface area contributed by atoms with Crippen LogP contribution >= 0.6 is 11.3 Å². The van der Waals surface area contributed by atoms with Crippen molar-refractivity contribution in [1.29, 1.82) is 0 Å². The van der Waals surface area contributed by atoms with E-state index in [2.05, 4.69) is 36.3 Å². The van der Waals surface area contributed by atoms with Gasteiger partial charge < -0.3 is 10.2 Å². The highest BCUT2D eigenvalue weighted by molar-refractivity contribution is 7.17. The van der Waals surface area contributed by atoms with Gasteiger partial charge in [-0.15, -0.1) is 10.2 Å². The number of anilines is 1.